The lowest BCUT2D eigenvalue weighted by Gasteiger charge is -2.20. The first-order valence-electron chi connectivity index (χ1n) is 5.29. The van der Waals surface area contributed by atoms with Crippen LogP contribution in [0.3, 0.4) is 0 Å². The zero-order valence-electron chi connectivity index (χ0n) is 9.05. The summed E-state index contributed by atoms with van der Waals surface area (Å²) in [5, 5.41) is 0.932. The van der Waals surface area contributed by atoms with E-state index in [0.29, 0.717) is 6.54 Å². The van der Waals surface area contributed by atoms with Crippen molar-refractivity contribution in [2.45, 2.75) is 19.9 Å². The van der Waals surface area contributed by atoms with Gasteiger partial charge in [-0.1, -0.05) is 41.1 Å². The Morgan fingerprint density at radius 1 is 1.27 bits per heavy atom. The van der Waals surface area contributed by atoms with Crippen LogP contribution in [-0.2, 0) is 6.54 Å². The third-order valence-electron chi connectivity index (χ3n) is 2.29. The van der Waals surface area contributed by atoms with E-state index in [4.69, 9.17) is 0 Å². The molecule has 0 fully saturated rings. The second-order valence-electron chi connectivity index (χ2n) is 3.56. The average molecular weight is 274 g/mol. The monoisotopic (exact) mass is 273 g/mol. The Morgan fingerprint density at radius 2 is 2.00 bits per heavy atom. The fourth-order valence-electron chi connectivity index (χ4n) is 1.57. The van der Waals surface area contributed by atoms with Gasteiger partial charge in [-0.25, -0.2) is 4.39 Å². The van der Waals surface area contributed by atoms with E-state index in [0.717, 1.165) is 30.4 Å². The standard InChI is InChI=1S/C12H17BrFN/c1-2-8-15(9-7-13)10-11-5-3-4-6-12(11)14/h3-6H,2,7-10H2,1H3. The molecule has 0 spiro atoms. The minimum atomic E-state index is -0.104. The molecule has 1 rings (SSSR count). The number of benzene rings is 1. The van der Waals surface area contributed by atoms with Gasteiger partial charge < -0.3 is 0 Å². The van der Waals surface area contributed by atoms with Crippen LogP contribution in [0.25, 0.3) is 0 Å². The van der Waals surface area contributed by atoms with Crippen LogP contribution in [0.15, 0.2) is 24.3 Å². The van der Waals surface area contributed by atoms with Crippen molar-refractivity contribution in [1.82, 2.24) is 4.90 Å². The van der Waals surface area contributed by atoms with Crippen LogP contribution in [0, 0.1) is 5.82 Å². The molecule has 1 nitrogen and oxygen atoms in total. The van der Waals surface area contributed by atoms with Crippen molar-refractivity contribution in [2.75, 3.05) is 18.4 Å². The lowest BCUT2D eigenvalue weighted by molar-refractivity contribution is 0.279. The summed E-state index contributed by atoms with van der Waals surface area (Å²) < 4.78 is 13.4. The molecule has 0 unspecified atom stereocenters. The molecule has 0 heterocycles. The Hall–Kier alpha value is -0.410. The van der Waals surface area contributed by atoms with E-state index in [-0.39, 0.29) is 5.82 Å². The zero-order valence-corrected chi connectivity index (χ0v) is 10.6. The molecule has 0 bridgehead atoms. The van der Waals surface area contributed by atoms with E-state index < -0.39 is 0 Å². The first-order chi connectivity index (χ1) is 7.27. The molecule has 0 radical (unpaired) electrons. The summed E-state index contributed by atoms with van der Waals surface area (Å²) in [6, 6.07) is 6.99. The Balaban J connectivity index is 2.60. The number of hydrogen-bond acceptors (Lipinski definition) is 1. The van der Waals surface area contributed by atoms with Crippen LogP contribution in [-0.4, -0.2) is 23.3 Å². The van der Waals surface area contributed by atoms with Gasteiger partial charge in [-0.05, 0) is 19.0 Å². The predicted molar refractivity (Wildman–Crippen MR) is 65.8 cm³/mol. The molecule has 0 aromatic heterocycles. The lowest BCUT2D eigenvalue weighted by Crippen LogP contribution is -2.26. The Kier molecular flexibility index (Phi) is 5.88. The van der Waals surface area contributed by atoms with Gasteiger partial charge >= 0.3 is 0 Å². The summed E-state index contributed by atoms with van der Waals surface area (Å²) in [6.07, 6.45) is 1.10. The topological polar surface area (TPSA) is 3.24 Å². The van der Waals surface area contributed by atoms with Gasteiger partial charge in [-0.2, -0.15) is 0 Å². The van der Waals surface area contributed by atoms with Gasteiger partial charge in [0.05, 0.1) is 0 Å². The van der Waals surface area contributed by atoms with Crippen molar-refractivity contribution in [2.24, 2.45) is 0 Å². The van der Waals surface area contributed by atoms with Gasteiger partial charge in [-0.15, -0.1) is 0 Å². The molecule has 3 heteroatoms. The minimum Gasteiger partial charge on any atom is -0.298 e. The predicted octanol–water partition coefficient (Wildman–Crippen LogP) is 3.43. The molecule has 0 aliphatic heterocycles. The molecule has 0 saturated carbocycles. The molecule has 0 saturated heterocycles. The summed E-state index contributed by atoms with van der Waals surface area (Å²) in [4.78, 5) is 2.26. The van der Waals surface area contributed by atoms with Crippen molar-refractivity contribution >= 4 is 15.9 Å². The first-order valence-corrected chi connectivity index (χ1v) is 6.41. The minimum absolute atomic E-state index is 0.104. The summed E-state index contributed by atoms with van der Waals surface area (Å²) in [6.45, 7) is 4.82. The maximum atomic E-state index is 13.4. The molecule has 0 N–H and O–H groups in total. The van der Waals surface area contributed by atoms with E-state index in [1.54, 1.807) is 6.07 Å². The van der Waals surface area contributed by atoms with Crippen molar-refractivity contribution in [3.63, 3.8) is 0 Å². The van der Waals surface area contributed by atoms with Crippen LogP contribution in [0.5, 0.6) is 0 Å². The molecular weight excluding hydrogens is 257 g/mol. The number of rotatable bonds is 6. The van der Waals surface area contributed by atoms with Gasteiger partial charge in [0.15, 0.2) is 0 Å². The van der Waals surface area contributed by atoms with Crippen molar-refractivity contribution in [3.8, 4) is 0 Å². The molecule has 0 amide bonds. The van der Waals surface area contributed by atoms with Crippen LogP contribution in [0.1, 0.15) is 18.9 Å². The maximum Gasteiger partial charge on any atom is 0.127 e. The highest BCUT2D eigenvalue weighted by Crippen LogP contribution is 2.10. The summed E-state index contributed by atoms with van der Waals surface area (Å²) >= 11 is 3.42. The number of nitrogens with zero attached hydrogens (tertiary/aromatic N) is 1. The van der Waals surface area contributed by atoms with Crippen molar-refractivity contribution < 1.29 is 4.39 Å². The smallest absolute Gasteiger partial charge is 0.127 e. The number of hydrogen-bond donors (Lipinski definition) is 0. The van der Waals surface area contributed by atoms with Crippen molar-refractivity contribution in [3.05, 3.63) is 35.6 Å². The number of halogens is 2. The second kappa shape index (κ2) is 6.96. The molecule has 0 aliphatic rings. The number of alkyl halides is 1. The third kappa shape index (κ3) is 4.31. The maximum absolute atomic E-state index is 13.4. The van der Waals surface area contributed by atoms with Gasteiger partial charge in [0.2, 0.25) is 0 Å². The molecule has 15 heavy (non-hydrogen) atoms. The SMILES string of the molecule is CCCN(CCBr)Cc1ccccc1F. The van der Waals surface area contributed by atoms with E-state index in [9.17, 15) is 4.39 Å². The highest BCUT2D eigenvalue weighted by molar-refractivity contribution is 9.09. The second-order valence-corrected chi connectivity index (χ2v) is 4.35. The normalized spacial score (nSPS) is 10.9. The summed E-state index contributed by atoms with van der Waals surface area (Å²) in [7, 11) is 0. The van der Waals surface area contributed by atoms with Gasteiger partial charge in [-0.3, -0.25) is 4.90 Å². The lowest BCUT2D eigenvalue weighted by atomic mass is 10.2. The Bertz CT molecular complexity index is 285. The van der Waals surface area contributed by atoms with Gasteiger partial charge in [0, 0.05) is 24.0 Å². The summed E-state index contributed by atoms with van der Waals surface area (Å²) in [5.41, 5.74) is 0.784. The van der Waals surface area contributed by atoms with Crippen LogP contribution >= 0.6 is 15.9 Å². The quantitative estimate of drug-likeness (QED) is 0.718. The van der Waals surface area contributed by atoms with Gasteiger partial charge in [0.1, 0.15) is 5.82 Å². The highest BCUT2D eigenvalue weighted by Gasteiger charge is 2.07. The fraction of sp³-hybridized carbons (Fsp3) is 0.500. The van der Waals surface area contributed by atoms with Gasteiger partial charge in [0.25, 0.3) is 0 Å². The molecule has 1 aromatic rings. The third-order valence-corrected chi connectivity index (χ3v) is 2.65. The molecule has 0 atom stereocenters. The average Bonchev–Trinajstić information content (AvgIpc) is 2.22. The van der Waals surface area contributed by atoms with E-state index >= 15 is 0 Å². The van der Waals surface area contributed by atoms with Crippen LogP contribution < -0.4 is 0 Å². The highest BCUT2D eigenvalue weighted by atomic mass is 79.9. The first kappa shape index (κ1) is 12.7. The van der Waals surface area contributed by atoms with E-state index in [1.165, 1.54) is 6.07 Å². The Morgan fingerprint density at radius 3 is 2.60 bits per heavy atom. The molecule has 0 aliphatic carbocycles. The zero-order chi connectivity index (χ0) is 11.1. The molecular formula is C12H17BrFN. The fourth-order valence-corrected chi connectivity index (χ4v) is 2.07. The van der Waals surface area contributed by atoms with Crippen LogP contribution in [0.4, 0.5) is 4.39 Å². The summed E-state index contributed by atoms with van der Waals surface area (Å²) in [5.74, 6) is -0.104. The van der Waals surface area contributed by atoms with Crippen LogP contribution in [0.2, 0.25) is 0 Å². The van der Waals surface area contributed by atoms with Crippen molar-refractivity contribution in [1.29, 1.82) is 0 Å². The Labute approximate surface area is 99.4 Å². The molecule has 84 valence electrons. The molecule has 1 aromatic carbocycles. The largest absolute Gasteiger partial charge is 0.298 e. The van der Waals surface area contributed by atoms with E-state index in [1.807, 2.05) is 12.1 Å². The van der Waals surface area contributed by atoms with E-state index in [2.05, 4.69) is 27.8 Å².